The first kappa shape index (κ1) is 34.0. The summed E-state index contributed by atoms with van der Waals surface area (Å²) >= 11 is 1.30. The molecule has 1 aromatic heterocycles. The minimum Gasteiger partial charge on any atom is -0.406 e. The molecule has 3 amide bonds. The molecule has 13 heteroatoms. The number of alkyl halides is 3. The normalized spacial score (nSPS) is 12.1. The number of thioether (sulfide) groups is 1. The number of amides is 3. The maximum atomic E-state index is 13.0. The number of halogens is 3. The van der Waals surface area contributed by atoms with Crippen LogP contribution in [0.15, 0.2) is 72.0 Å². The standard InChI is InChI=1S/C33H33F3N6O3S/c1-6-46-32(41(20-43)29-17-22(4)7-15-28(29)21(2)3)39-31(44)38-25-10-8-24(23(5)18-25)9-16-30-37-19-42(40-30)26-11-13-27(14-12-26)45-33(34,35)36/h7-21H,6H2,1-5H3,(H,38,44)/b16-9+,39-32-. The Hall–Kier alpha value is -4.91. The number of hydrogen-bond acceptors (Lipinski definition) is 6. The van der Waals surface area contributed by atoms with Crippen molar-refractivity contribution in [2.75, 3.05) is 16.0 Å². The first-order chi connectivity index (χ1) is 21.9. The van der Waals surface area contributed by atoms with Crippen LogP contribution in [0.25, 0.3) is 17.8 Å². The van der Waals surface area contributed by atoms with Gasteiger partial charge < -0.3 is 10.1 Å². The molecule has 0 radical (unpaired) electrons. The summed E-state index contributed by atoms with van der Waals surface area (Å²) in [6.07, 6.45) is 0.873. The SMILES string of the molecule is CCS/C(=N\C(=O)Nc1ccc(/C=C/c2ncn(-c3ccc(OC(F)(F)F)cc3)n2)c(C)c1)N(C=O)c1cc(C)ccc1C(C)C. The summed E-state index contributed by atoms with van der Waals surface area (Å²) in [5, 5.41) is 7.40. The number of nitrogens with one attached hydrogen (secondary N) is 1. The average molecular weight is 651 g/mol. The highest BCUT2D eigenvalue weighted by Crippen LogP contribution is 2.30. The molecule has 0 aliphatic carbocycles. The number of urea groups is 1. The predicted molar refractivity (Wildman–Crippen MR) is 177 cm³/mol. The maximum Gasteiger partial charge on any atom is 0.573 e. The van der Waals surface area contributed by atoms with Crippen LogP contribution in [0.1, 0.15) is 54.8 Å². The van der Waals surface area contributed by atoms with Gasteiger partial charge in [-0.05, 0) is 96.3 Å². The Morgan fingerprint density at radius 1 is 1.09 bits per heavy atom. The van der Waals surface area contributed by atoms with Crippen LogP contribution >= 0.6 is 11.8 Å². The quantitative estimate of drug-likeness (QED) is 0.111. The number of rotatable bonds is 9. The van der Waals surface area contributed by atoms with Crippen molar-refractivity contribution in [1.29, 1.82) is 0 Å². The number of hydrogen-bond donors (Lipinski definition) is 1. The first-order valence-corrected chi connectivity index (χ1v) is 15.3. The highest BCUT2D eigenvalue weighted by molar-refractivity contribution is 8.14. The molecule has 46 heavy (non-hydrogen) atoms. The zero-order chi connectivity index (χ0) is 33.4. The van der Waals surface area contributed by atoms with Gasteiger partial charge in [0, 0.05) is 5.69 Å². The van der Waals surface area contributed by atoms with Crippen LogP contribution in [-0.4, -0.2) is 44.5 Å². The fourth-order valence-corrected chi connectivity index (χ4v) is 5.15. The van der Waals surface area contributed by atoms with Crippen molar-refractivity contribution in [3.63, 3.8) is 0 Å². The molecule has 4 rings (SSSR count). The van der Waals surface area contributed by atoms with Crippen molar-refractivity contribution in [1.82, 2.24) is 14.8 Å². The van der Waals surface area contributed by atoms with Gasteiger partial charge in [0.25, 0.3) is 0 Å². The van der Waals surface area contributed by atoms with Crippen molar-refractivity contribution >= 4 is 52.9 Å². The molecule has 0 atom stereocenters. The highest BCUT2D eigenvalue weighted by Gasteiger charge is 2.31. The third-order valence-corrected chi connectivity index (χ3v) is 7.46. The highest BCUT2D eigenvalue weighted by atomic mass is 32.2. The smallest absolute Gasteiger partial charge is 0.406 e. The second kappa shape index (κ2) is 14.9. The zero-order valence-corrected chi connectivity index (χ0v) is 26.7. The summed E-state index contributed by atoms with van der Waals surface area (Å²) in [6, 6.07) is 15.9. The van der Waals surface area contributed by atoms with Crippen molar-refractivity contribution in [2.45, 2.75) is 46.9 Å². The van der Waals surface area contributed by atoms with E-state index in [-0.39, 0.29) is 16.8 Å². The summed E-state index contributed by atoms with van der Waals surface area (Å²) in [7, 11) is 0. The average Bonchev–Trinajstić information content (AvgIpc) is 3.46. The molecule has 0 unspecified atom stereocenters. The zero-order valence-electron chi connectivity index (χ0n) is 25.9. The number of aliphatic imine (C=N–C) groups is 1. The van der Waals surface area contributed by atoms with E-state index in [4.69, 9.17) is 0 Å². The Labute approximate surface area is 269 Å². The van der Waals surface area contributed by atoms with Crippen LogP contribution < -0.4 is 15.0 Å². The number of carbonyl (C=O) groups is 2. The molecule has 0 bridgehead atoms. The van der Waals surface area contributed by atoms with Gasteiger partial charge in [-0.2, -0.15) is 4.99 Å². The summed E-state index contributed by atoms with van der Waals surface area (Å²) in [5.41, 5.74) is 5.39. The third kappa shape index (κ3) is 9.07. The molecule has 1 heterocycles. The minimum atomic E-state index is -4.77. The van der Waals surface area contributed by atoms with Crippen LogP contribution in [0.4, 0.5) is 29.3 Å². The lowest BCUT2D eigenvalue weighted by atomic mass is 9.99. The Bertz CT molecular complexity index is 1750. The van der Waals surface area contributed by atoms with Crippen LogP contribution in [0.5, 0.6) is 5.75 Å². The van der Waals surface area contributed by atoms with Gasteiger partial charge in [-0.15, -0.1) is 18.3 Å². The molecule has 0 aliphatic heterocycles. The lowest BCUT2D eigenvalue weighted by Gasteiger charge is -2.23. The number of aromatic nitrogens is 3. The molecule has 0 spiro atoms. The number of aryl methyl sites for hydroxylation is 2. The van der Waals surface area contributed by atoms with E-state index in [9.17, 15) is 22.8 Å². The second-order valence-corrected chi connectivity index (χ2v) is 11.7. The first-order valence-electron chi connectivity index (χ1n) is 14.3. The largest absolute Gasteiger partial charge is 0.573 e. The molecular formula is C33H33F3N6O3S. The van der Waals surface area contributed by atoms with Gasteiger partial charge in [0.2, 0.25) is 6.41 Å². The molecule has 0 fully saturated rings. The lowest BCUT2D eigenvalue weighted by molar-refractivity contribution is -0.274. The fourth-order valence-electron chi connectivity index (χ4n) is 4.46. The lowest BCUT2D eigenvalue weighted by Crippen LogP contribution is -2.30. The maximum absolute atomic E-state index is 13.0. The number of ether oxygens (including phenoxy) is 1. The number of benzene rings is 3. The number of anilines is 2. The number of carbonyl (C=O) groups excluding carboxylic acids is 2. The second-order valence-electron chi connectivity index (χ2n) is 10.4. The minimum absolute atomic E-state index is 0.157. The number of nitrogens with zero attached hydrogens (tertiary/aromatic N) is 5. The van der Waals surface area contributed by atoms with Crippen LogP contribution in [0.3, 0.4) is 0 Å². The van der Waals surface area contributed by atoms with Crippen LogP contribution in [0, 0.1) is 13.8 Å². The van der Waals surface area contributed by atoms with E-state index in [0.717, 1.165) is 22.3 Å². The molecule has 0 saturated carbocycles. The Balaban J connectivity index is 1.46. The van der Waals surface area contributed by atoms with Crippen molar-refractivity contribution in [2.24, 2.45) is 4.99 Å². The van der Waals surface area contributed by atoms with E-state index in [0.29, 0.717) is 35.0 Å². The molecule has 1 N–H and O–H groups in total. The topological polar surface area (TPSA) is 102 Å². The third-order valence-electron chi connectivity index (χ3n) is 6.63. The van der Waals surface area contributed by atoms with Crippen molar-refractivity contribution in [3.8, 4) is 11.4 Å². The van der Waals surface area contributed by atoms with Gasteiger partial charge in [-0.25, -0.2) is 14.5 Å². The van der Waals surface area contributed by atoms with Gasteiger partial charge in [-0.1, -0.05) is 56.8 Å². The van der Waals surface area contributed by atoms with E-state index in [1.807, 2.05) is 65.0 Å². The Morgan fingerprint density at radius 3 is 2.46 bits per heavy atom. The molecule has 0 aliphatic rings. The summed E-state index contributed by atoms with van der Waals surface area (Å²) in [6.45, 7) is 9.83. The monoisotopic (exact) mass is 650 g/mol. The van der Waals surface area contributed by atoms with Crippen molar-refractivity contribution in [3.05, 3.63) is 95.1 Å². The molecule has 4 aromatic rings. The van der Waals surface area contributed by atoms with Crippen LogP contribution in [-0.2, 0) is 4.79 Å². The van der Waals surface area contributed by atoms with Crippen molar-refractivity contribution < 1.29 is 27.5 Å². The van der Waals surface area contributed by atoms with Crippen LogP contribution in [0.2, 0.25) is 0 Å². The van der Waals surface area contributed by atoms with E-state index in [1.54, 1.807) is 18.2 Å². The number of amidine groups is 1. The van der Waals surface area contributed by atoms with Gasteiger partial charge in [0.15, 0.2) is 11.0 Å². The Morgan fingerprint density at radius 2 is 1.83 bits per heavy atom. The summed E-state index contributed by atoms with van der Waals surface area (Å²) < 4.78 is 42.6. The Kier molecular flexibility index (Phi) is 11.0. The predicted octanol–water partition coefficient (Wildman–Crippen LogP) is 8.38. The molecular weight excluding hydrogens is 617 g/mol. The summed E-state index contributed by atoms with van der Waals surface area (Å²) in [5.74, 6) is 0.820. The van der Waals surface area contributed by atoms with E-state index >= 15 is 0 Å². The van der Waals surface area contributed by atoms with Gasteiger partial charge in [0.05, 0.1) is 11.4 Å². The molecule has 9 nitrogen and oxygen atoms in total. The molecule has 3 aromatic carbocycles. The fraction of sp³-hybridized carbons (Fsp3) is 0.242. The molecule has 240 valence electrons. The van der Waals surface area contributed by atoms with E-state index in [1.165, 1.54) is 51.9 Å². The van der Waals surface area contributed by atoms with E-state index in [2.05, 4.69) is 25.1 Å². The molecule has 0 saturated heterocycles. The van der Waals surface area contributed by atoms with Gasteiger partial charge in [0.1, 0.15) is 12.1 Å². The van der Waals surface area contributed by atoms with Gasteiger partial charge in [-0.3, -0.25) is 9.69 Å². The summed E-state index contributed by atoms with van der Waals surface area (Å²) in [4.78, 5) is 35.2. The van der Waals surface area contributed by atoms with E-state index < -0.39 is 12.4 Å². The van der Waals surface area contributed by atoms with Gasteiger partial charge >= 0.3 is 12.4 Å².